The molecule has 0 aliphatic rings. The quantitative estimate of drug-likeness (QED) is 0.0264. The van der Waals surface area contributed by atoms with Crippen molar-refractivity contribution >= 4 is 17.9 Å². The number of unbranched alkanes of at least 4 members (excludes halogenated alkanes) is 20. The van der Waals surface area contributed by atoms with Gasteiger partial charge in [-0.15, -0.1) is 0 Å². The number of carbonyl (C=O) groups is 3. The summed E-state index contributed by atoms with van der Waals surface area (Å²) in [6.45, 7) is 6.29. The third-order valence-corrected chi connectivity index (χ3v) is 9.95. The molecule has 0 aromatic carbocycles. The Hall–Kier alpha value is -3.67. The Balaban J connectivity index is 4.49. The second-order valence-electron chi connectivity index (χ2n) is 15.8. The number of carbonyl (C=O) groups excluding carboxylic acids is 3. The van der Waals surface area contributed by atoms with E-state index in [1.807, 2.05) is 6.08 Å². The molecular weight excluding hydrogens is 745 g/mol. The molecule has 6 nitrogen and oxygen atoms in total. The number of ether oxygens (including phenoxy) is 3. The number of hydrogen-bond donors (Lipinski definition) is 0. The van der Waals surface area contributed by atoms with E-state index in [2.05, 4.69) is 112 Å². The Labute approximate surface area is 368 Å². The summed E-state index contributed by atoms with van der Waals surface area (Å²) in [7, 11) is 0. The Morgan fingerprint density at radius 2 is 0.650 bits per heavy atom. The third kappa shape index (κ3) is 45.4. The molecule has 0 aliphatic heterocycles. The van der Waals surface area contributed by atoms with Crippen LogP contribution in [-0.2, 0) is 28.6 Å². The normalized spacial score (nSPS) is 12.9. The van der Waals surface area contributed by atoms with E-state index in [9.17, 15) is 14.4 Å². The third-order valence-electron chi connectivity index (χ3n) is 9.95. The van der Waals surface area contributed by atoms with Crippen LogP contribution in [0.1, 0.15) is 207 Å². The molecule has 0 saturated heterocycles. The summed E-state index contributed by atoms with van der Waals surface area (Å²) in [6, 6.07) is 0. The smallest absolute Gasteiger partial charge is 0.306 e. The Bertz CT molecular complexity index is 1230. The van der Waals surface area contributed by atoms with Crippen LogP contribution in [0.3, 0.4) is 0 Å². The predicted molar refractivity (Wildman–Crippen MR) is 256 cm³/mol. The van der Waals surface area contributed by atoms with Gasteiger partial charge in [-0.1, -0.05) is 201 Å². The van der Waals surface area contributed by atoms with Crippen LogP contribution in [0, 0.1) is 0 Å². The molecule has 6 heteroatoms. The lowest BCUT2D eigenvalue weighted by molar-refractivity contribution is -0.167. The molecule has 0 aromatic rings. The minimum atomic E-state index is -0.807. The van der Waals surface area contributed by atoms with Gasteiger partial charge in [0.05, 0.1) is 0 Å². The van der Waals surface area contributed by atoms with Crippen LogP contribution in [0.4, 0.5) is 0 Å². The van der Waals surface area contributed by atoms with Crippen LogP contribution >= 0.6 is 0 Å². The van der Waals surface area contributed by atoms with Crippen LogP contribution in [0.2, 0.25) is 0 Å². The molecule has 0 rings (SSSR count). The summed E-state index contributed by atoms with van der Waals surface area (Å²) in [5.41, 5.74) is 0. The van der Waals surface area contributed by atoms with Gasteiger partial charge in [0.2, 0.25) is 0 Å². The highest BCUT2D eigenvalue weighted by molar-refractivity contribution is 5.71. The lowest BCUT2D eigenvalue weighted by Crippen LogP contribution is -2.30. The molecule has 1 atom stereocenters. The monoisotopic (exact) mass is 833 g/mol. The van der Waals surface area contributed by atoms with Crippen molar-refractivity contribution in [2.45, 2.75) is 213 Å². The molecule has 0 aliphatic carbocycles. The van der Waals surface area contributed by atoms with E-state index in [0.717, 1.165) is 122 Å². The Morgan fingerprint density at radius 3 is 1.03 bits per heavy atom. The maximum absolute atomic E-state index is 12.7. The van der Waals surface area contributed by atoms with Crippen molar-refractivity contribution in [3.05, 3.63) is 97.2 Å². The lowest BCUT2D eigenvalue weighted by Gasteiger charge is -2.18. The van der Waals surface area contributed by atoms with Crippen molar-refractivity contribution in [2.75, 3.05) is 13.2 Å². The van der Waals surface area contributed by atoms with E-state index >= 15 is 0 Å². The standard InChI is InChI=1S/C54H88O6/c1-4-7-10-13-16-19-22-25-26-27-30-32-35-38-41-44-47-53(56)59-50-51(60-54(57)48-45-42-39-36-33-29-24-21-18-15-12-9-6-3)49-58-52(55)46-43-40-37-34-31-28-23-20-17-14-11-8-5-2/h8-9,11-12,14-15,17-18,20-21,23-24,26-27,30,32,51H,4-7,10,13,16,19,22,25,28-29,31,33-50H2,1-3H3/b11-8+,12-9+,17-14+,18-15+,23-20+,24-21+,27-26+,32-30+. The maximum Gasteiger partial charge on any atom is 0.306 e. The fraction of sp³-hybridized carbons (Fsp3) is 0.648. The highest BCUT2D eigenvalue weighted by Gasteiger charge is 2.19. The molecule has 1 unspecified atom stereocenters. The van der Waals surface area contributed by atoms with Crippen LogP contribution in [0.5, 0.6) is 0 Å². The predicted octanol–water partition coefficient (Wildman–Crippen LogP) is 15.8. The van der Waals surface area contributed by atoms with Gasteiger partial charge >= 0.3 is 17.9 Å². The molecule has 0 spiro atoms. The number of esters is 3. The zero-order valence-corrected chi connectivity index (χ0v) is 38.7. The van der Waals surface area contributed by atoms with Crippen LogP contribution in [-0.4, -0.2) is 37.2 Å². The van der Waals surface area contributed by atoms with Crippen molar-refractivity contribution < 1.29 is 28.6 Å². The maximum atomic E-state index is 12.7. The van der Waals surface area contributed by atoms with Gasteiger partial charge in [0.25, 0.3) is 0 Å². The average molecular weight is 833 g/mol. The Morgan fingerprint density at radius 1 is 0.350 bits per heavy atom. The molecule has 340 valence electrons. The molecule has 60 heavy (non-hydrogen) atoms. The molecule has 0 saturated carbocycles. The topological polar surface area (TPSA) is 78.9 Å². The summed E-state index contributed by atoms with van der Waals surface area (Å²) < 4.78 is 16.7. The van der Waals surface area contributed by atoms with Gasteiger partial charge in [0.15, 0.2) is 6.10 Å². The summed E-state index contributed by atoms with van der Waals surface area (Å²) in [5, 5.41) is 0. The first-order valence-electron chi connectivity index (χ1n) is 24.3. The average Bonchev–Trinajstić information content (AvgIpc) is 3.24. The molecule has 0 amide bonds. The molecule has 0 N–H and O–H groups in total. The zero-order chi connectivity index (χ0) is 43.7. The van der Waals surface area contributed by atoms with Crippen LogP contribution in [0.25, 0.3) is 0 Å². The number of allylic oxidation sites excluding steroid dienone is 16. The molecule has 0 bridgehead atoms. The lowest BCUT2D eigenvalue weighted by atomic mass is 10.1. The minimum Gasteiger partial charge on any atom is -0.462 e. The van der Waals surface area contributed by atoms with Gasteiger partial charge < -0.3 is 14.2 Å². The van der Waals surface area contributed by atoms with E-state index in [0.29, 0.717) is 19.3 Å². The van der Waals surface area contributed by atoms with E-state index in [4.69, 9.17) is 14.2 Å². The van der Waals surface area contributed by atoms with Crippen molar-refractivity contribution in [1.29, 1.82) is 0 Å². The van der Waals surface area contributed by atoms with E-state index in [-0.39, 0.29) is 31.1 Å². The molecule has 0 aromatic heterocycles. The van der Waals surface area contributed by atoms with Crippen molar-refractivity contribution in [2.24, 2.45) is 0 Å². The fourth-order valence-electron chi connectivity index (χ4n) is 6.31. The summed E-state index contributed by atoms with van der Waals surface area (Å²) in [4.78, 5) is 37.9. The van der Waals surface area contributed by atoms with Crippen molar-refractivity contribution in [3.8, 4) is 0 Å². The van der Waals surface area contributed by atoms with Crippen LogP contribution < -0.4 is 0 Å². The van der Waals surface area contributed by atoms with E-state index < -0.39 is 6.10 Å². The van der Waals surface area contributed by atoms with Crippen molar-refractivity contribution in [3.63, 3.8) is 0 Å². The Kier molecular flexibility index (Phi) is 45.1. The summed E-state index contributed by atoms with van der Waals surface area (Å²) in [5.74, 6) is -0.980. The SMILES string of the molecule is CC/C=C/C=C/C=C/CCCCCCCC(=O)OCC(COC(=O)CCCCC/C=C/C=C/CCCCCCCCC)OC(=O)CCCCCCC/C=C/C=C/C=C/CC. The molecular formula is C54H88O6. The largest absolute Gasteiger partial charge is 0.462 e. The van der Waals surface area contributed by atoms with Gasteiger partial charge in [-0.3, -0.25) is 14.4 Å². The van der Waals surface area contributed by atoms with E-state index in [1.54, 1.807) is 0 Å². The van der Waals surface area contributed by atoms with E-state index in [1.165, 1.54) is 44.9 Å². The molecule has 0 fully saturated rings. The van der Waals surface area contributed by atoms with Gasteiger partial charge in [-0.25, -0.2) is 0 Å². The highest BCUT2D eigenvalue weighted by atomic mass is 16.6. The highest BCUT2D eigenvalue weighted by Crippen LogP contribution is 2.13. The first kappa shape index (κ1) is 56.3. The molecule has 0 radical (unpaired) electrons. The second-order valence-corrected chi connectivity index (χ2v) is 15.8. The van der Waals surface area contributed by atoms with Gasteiger partial charge in [-0.2, -0.15) is 0 Å². The van der Waals surface area contributed by atoms with Crippen molar-refractivity contribution in [1.82, 2.24) is 0 Å². The molecule has 0 heterocycles. The summed E-state index contributed by atoms with van der Waals surface area (Å²) >= 11 is 0. The van der Waals surface area contributed by atoms with Crippen LogP contribution in [0.15, 0.2) is 97.2 Å². The zero-order valence-electron chi connectivity index (χ0n) is 38.7. The number of rotatable bonds is 42. The second kappa shape index (κ2) is 48.0. The first-order valence-corrected chi connectivity index (χ1v) is 24.3. The summed E-state index contributed by atoms with van der Waals surface area (Å²) in [6.07, 6.45) is 62.5. The van der Waals surface area contributed by atoms with Gasteiger partial charge in [-0.05, 0) is 83.5 Å². The van der Waals surface area contributed by atoms with Gasteiger partial charge in [0, 0.05) is 19.3 Å². The minimum absolute atomic E-state index is 0.107. The first-order chi connectivity index (χ1) is 29.5. The van der Waals surface area contributed by atoms with Gasteiger partial charge in [0.1, 0.15) is 13.2 Å². The fourth-order valence-corrected chi connectivity index (χ4v) is 6.31. The number of hydrogen-bond acceptors (Lipinski definition) is 6.